The second-order valence-corrected chi connectivity index (χ2v) is 15.2. The average Bonchev–Trinajstić information content (AvgIpc) is 3.62. The van der Waals surface area contributed by atoms with Crippen LogP contribution in [-0.4, -0.2) is 95.4 Å². The lowest BCUT2D eigenvalue weighted by atomic mass is 9.95. The van der Waals surface area contributed by atoms with E-state index in [2.05, 4.69) is 15.6 Å². The SMILES string of the molecule is CC[C@H](C)C(NC(=O)C1CCCCN1C)C(=O)N(C)C(CC(OC(C)=O)c1nc(C(=O)NC(Cc2ccc(OC)cc2)C[C@H](C)C(=O)O)cs1)=C(C)C. The second-order valence-electron chi connectivity index (χ2n) is 14.3. The number of carboxylic acids is 1. The quantitative estimate of drug-likeness (QED) is 0.169. The van der Waals surface area contributed by atoms with Gasteiger partial charge in [-0.1, -0.05) is 51.3 Å². The zero-order valence-corrected chi connectivity index (χ0v) is 33.4. The standard InChI is InChI=1S/C39H57N5O8S/c1-10-24(4)34(42-36(47)31-13-11-12-18-43(31)7)38(48)44(8)32(23(2)3)21-33(52-26(6)45)37-41-30(22-53-37)35(46)40-28(19-25(5)39(49)50)20-27-14-16-29(51-9)17-15-27/h14-17,22,24-25,28,31,33-34H,10-13,18-21H2,1-9H3,(H,40,46)(H,42,47)(H,49,50)/t24-,25-,28?,31?,33?,34?/m0/s1. The number of thiazole rings is 1. The van der Waals surface area contributed by atoms with E-state index in [-0.39, 0.29) is 42.3 Å². The maximum absolute atomic E-state index is 14.2. The van der Waals surface area contributed by atoms with Crippen LogP contribution < -0.4 is 15.4 Å². The molecule has 0 bridgehead atoms. The summed E-state index contributed by atoms with van der Waals surface area (Å²) < 4.78 is 11.0. The fourth-order valence-corrected chi connectivity index (χ4v) is 7.30. The number of allylic oxidation sites excluding steroid dienone is 1. The minimum Gasteiger partial charge on any atom is -0.497 e. The number of likely N-dealkylation sites (N-methyl/N-ethyl adjacent to an activating group) is 2. The van der Waals surface area contributed by atoms with Gasteiger partial charge in [0.25, 0.3) is 5.91 Å². The van der Waals surface area contributed by atoms with Gasteiger partial charge in [-0.3, -0.25) is 28.9 Å². The largest absolute Gasteiger partial charge is 0.497 e. The molecule has 1 fully saturated rings. The van der Waals surface area contributed by atoms with Crippen molar-refractivity contribution in [3.63, 3.8) is 0 Å². The molecule has 1 saturated heterocycles. The Morgan fingerprint density at radius 1 is 1.08 bits per heavy atom. The molecule has 53 heavy (non-hydrogen) atoms. The smallest absolute Gasteiger partial charge is 0.306 e. The van der Waals surface area contributed by atoms with Gasteiger partial charge in [0, 0.05) is 37.5 Å². The Hall–Kier alpha value is -4.30. The van der Waals surface area contributed by atoms with Crippen molar-refractivity contribution in [3.8, 4) is 5.75 Å². The van der Waals surface area contributed by atoms with Crippen LogP contribution in [0.1, 0.15) is 107 Å². The zero-order chi connectivity index (χ0) is 39.4. The highest BCUT2D eigenvalue weighted by molar-refractivity contribution is 7.09. The van der Waals surface area contributed by atoms with Gasteiger partial charge in [0.1, 0.15) is 22.5 Å². The number of nitrogens with one attached hydrogen (secondary N) is 2. The first-order valence-electron chi connectivity index (χ1n) is 18.3. The molecule has 3 N–H and O–H groups in total. The zero-order valence-electron chi connectivity index (χ0n) is 32.6. The highest BCUT2D eigenvalue weighted by Gasteiger charge is 2.35. The molecule has 3 rings (SSSR count). The molecule has 13 nitrogen and oxygen atoms in total. The molecule has 2 aromatic rings. The van der Waals surface area contributed by atoms with Gasteiger partial charge in [0.05, 0.1) is 19.1 Å². The van der Waals surface area contributed by atoms with E-state index in [0.29, 0.717) is 29.3 Å². The predicted molar refractivity (Wildman–Crippen MR) is 203 cm³/mol. The van der Waals surface area contributed by atoms with Crippen molar-refractivity contribution < 1.29 is 38.6 Å². The van der Waals surface area contributed by atoms with Gasteiger partial charge in [-0.15, -0.1) is 11.3 Å². The van der Waals surface area contributed by atoms with Crippen molar-refractivity contribution in [2.24, 2.45) is 11.8 Å². The number of methoxy groups -OCH3 is 1. The number of aliphatic carboxylic acids is 1. The van der Waals surface area contributed by atoms with E-state index in [9.17, 15) is 29.1 Å². The molecule has 0 saturated carbocycles. The Labute approximate surface area is 317 Å². The summed E-state index contributed by atoms with van der Waals surface area (Å²) >= 11 is 1.15. The van der Waals surface area contributed by atoms with E-state index in [1.807, 2.05) is 51.8 Å². The summed E-state index contributed by atoms with van der Waals surface area (Å²) in [5, 5.41) is 17.5. The van der Waals surface area contributed by atoms with Crippen LogP contribution in [0.4, 0.5) is 0 Å². The molecule has 4 unspecified atom stereocenters. The first kappa shape index (κ1) is 43.1. The molecule has 292 valence electrons. The number of esters is 1. The minimum absolute atomic E-state index is 0.0975. The van der Waals surface area contributed by atoms with Gasteiger partial charge in [0.15, 0.2) is 6.10 Å². The number of benzene rings is 1. The number of piperidine rings is 1. The molecule has 1 aromatic carbocycles. The van der Waals surface area contributed by atoms with Crippen molar-refractivity contribution in [1.82, 2.24) is 25.4 Å². The number of carboxylic acid groups (broad SMARTS) is 1. The number of likely N-dealkylation sites (tertiary alicyclic amines) is 1. The number of hydrogen-bond acceptors (Lipinski definition) is 10. The third kappa shape index (κ3) is 12.4. The van der Waals surface area contributed by atoms with Crippen LogP contribution in [-0.2, 0) is 30.3 Å². The number of aromatic nitrogens is 1. The number of nitrogens with zero attached hydrogens (tertiary/aromatic N) is 3. The molecule has 1 aromatic heterocycles. The van der Waals surface area contributed by atoms with Crippen molar-refractivity contribution in [3.05, 3.63) is 57.2 Å². The first-order valence-corrected chi connectivity index (χ1v) is 19.2. The number of amides is 3. The van der Waals surface area contributed by atoms with Crippen molar-refractivity contribution in [2.45, 2.75) is 111 Å². The Balaban J connectivity index is 1.83. The molecule has 0 aliphatic carbocycles. The van der Waals surface area contributed by atoms with E-state index in [0.717, 1.165) is 48.3 Å². The van der Waals surface area contributed by atoms with Crippen LogP contribution in [0.5, 0.6) is 5.75 Å². The maximum Gasteiger partial charge on any atom is 0.306 e. The molecular weight excluding hydrogens is 699 g/mol. The summed E-state index contributed by atoms with van der Waals surface area (Å²) in [5.41, 5.74) is 2.40. The van der Waals surface area contributed by atoms with Gasteiger partial charge in [-0.2, -0.15) is 0 Å². The van der Waals surface area contributed by atoms with Crippen molar-refractivity contribution in [1.29, 1.82) is 0 Å². The summed E-state index contributed by atoms with van der Waals surface area (Å²) in [6.07, 6.45) is 3.17. The number of ether oxygens (including phenoxy) is 2. The number of carbonyl (C=O) groups excluding carboxylic acids is 4. The van der Waals surface area contributed by atoms with Crippen LogP contribution in [0.25, 0.3) is 0 Å². The molecule has 2 heterocycles. The third-order valence-electron chi connectivity index (χ3n) is 9.92. The second kappa shape index (κ2) is 20.2. The average molecular weight is 756 g/mol. The fraction of sp³-hybridized carbons (Fsp3) is 0.590. The first-order chi connectivity index (χ1) is 25.1. The van der Waals surface area contributed by atoms with E-state index in [1.165, 1.54) is 11.8 Å². The Kier molecular flexibility index (Phi) is 16.5. The predicted octanol–water partition coefficient (Wildman–Crippen LogP) is 5.37. The molecule has 6 atom stereocenters. The Morgan fingerprint density at radius 2 is 1.75 bits per heavy atom. The summed E-state index contributed by atoms with van der Waals surface area (Å²) in [5.74, 6) is -2.61. The lowest BCUT2D eigenvalue weighted by Crippen LogP contribution is -2.56. The Bertz CT molecular complexity index is 1600. The fourth-order valence-electron chi connectivity index (χ4n) is 6.48. The van der Waals surface area contributed by atoms with Gasteiger partial charge in [-0.25, -0.2) is 4.98 Å². The highest BCUT2D eigenvalue weighted by Crippen LogP contribution is 2.31. The van der Waals surface area contributed by atoms with Gasteiger partial charge >= 0.3 is 11.9 Å². The molecule has 1 aliphatic rings. The highest BCUT2D eigenvalue weighted by atomic mass is 32.1. The van der Waals surface area contributed by atoms with Crippen LogP contribution in [0.3, 0.4) is 0 Å². The number of rotatable bonds is 18. The van der Waals surface area contributed by atoms with E-state index < -0.39 is 42.0 Å². The monoisotopic (exact) mass is 755 g/mol. The molecule has 0 radical (unpaired) electrons. The van der Waals surface area contributed by atoms with E-state index in [4.69, 9.17) is 9.47 Å². The summed E-state index contributed by atoms with van der Waals surface area (Å²) in [7, 11) is 5.16. The molecule has 0 spiro atoms. The van der Waals surface area contributed by atoms with E-state index in [1.54, 1.807) is 38.6 Å². The number of hydrogen-bond donors (Lipinski definition) is 3. The lowest BCUT2D eigenvalue weighted by Gasteiger charge is -2.35. The number of carbonyl (C=O) groups is 5. The Morgan fingerprint density at radius 3 is 2.32 bits per heavy atom. The third-order valence-corrected chi connectivity index (χ3v) is 10.9. The van der Waals surface area contributed by atoms with E-state index >= 15 is 0 Å². The van der Waals surface area contributed by atoms with Crippen LogP contribution in [0, 0.1) is 11.8 Å². The maximum atomic E-state index is 14.2. The van der Waals surface area contributed by atoms with Gasteiger partial charge in [0.2, 0.25) is 11.8 Å². The van der Waals surface area contributed by atoms with Crippen molar-refractivity contribution in [2.75, 3.05) is 27.7 Å². The molecule has 1 aliphatic heterocycles. The summed E-state index contributed by atoms with van der Waals surface area (Å²) in [4.78, 5) is 73.3. The summed E-state index contributed by atoms with van der Waals surface area (Å²) in [6.45, 7) is 11.4. The molecule has 3 amide bonds. The molecule has 14 heteroatoms. The van der Waals surface area contributed by atoms with Crippen LogP contribution in [0.2, 0.25) is 0 Å². The lowest BCUT2D eigenvalue weighted by molar-refractivity contribution is -0.147. The van der Waals surface area contributed by atoms with Crippen LogP contribution >= 0.6 is 11.3 Å². The van der Waals surface area contributed by atoms with Gasteiger partial charge in [-0.05, 0) is 76.7 Å². The van der Waals surface area contributed by atoms with Gasteiger partial charge < -0.3 is 30.1 Å². The van der Waals surface area contributed by atoms with Crippen molar-refractivity contribution >= 4 is 41.0 Å². The molecular formula is C39H57N5O8S. The van der Waals surface area contributed by atoms with Crippen LogP contribution in [0.15, 0.2) is 40.9 Å². The summed E-state index contributed by atoms with van der Waals surface area (Å²) in [6, 6.07) is 5.78. The normalized spacial score (nSPS) is 17.3. The minimum atomic E-state index is -0.965. The topological polar surface area (TPSA) is 167 Å².